The average molecular weight is 542 g/mol. The van der Waals surface area contributed by atoms with Crippen molar-refractivity contribution in [2.75, 3.05) is 58.6 Å². The molecular weight excluding hydrogens is 494 g/mol. The topological polar surface area (TPSA) is 103 Å². The Labute approximate surface area is 228 Å². The lowest BCUT2D eigenvalue weighted by Gasteiger charge is -2.14. The van der Waals surface area contributed by atoms with E-state index in [1.165, 1.54) is 51.4 Å². The molecule has 0 aromatic heterocycles. The zero-order chi connectivity index (χ0) is 26.8. The number of ether oxygens (including phenoxy) is 4. The number of carboxylic acid groups (broad SMARTS) is 1. The van der Waals surface area contributed by atoms with E-state index in [-0.39, 0.29) is 19.6 Å². The first-order chi connectivity index (χ1) is 18.1. The molecule has 0 saturated carbocycles. The van der Waals surface area contributed by atoms with Gasteiger partial charge in [-0.1, -0.05) is 75.3 Å². The Kier molecular flexibility index (Phi) is 22.3. The third-order valence-corrected chi connectivity index (χ3v) is 6.03. The van der Waals surface area contributed by atoms with Gasteiger partial charge in [0.1, 0.15) is 12.6 Å². The number of benzene rings is 1. The van der Waals surface area contributed by atoms with E-state index in [0.29, 0.717) is 33.0 Å². The zero-order valence-electron chi connectivity index (χ0n) is 22.2. The van der Waals surface area contributed by atoms with Crippen LogP contribution in [0.1, 0.15) is 63.4 Å². The molecule has 8 nitrogen and oxygen atoms in total. The highest BCUT2D eigenvalue weighted by molar-refractivity contribution is 7.80. The standard InChI is InChI=1S/C28H47NO7S/c30-27(29-26(28(31)32)23-25-13-9-8-10-14-25)24-36-21-20-35-19-18-34-17-16-33-15-11-6-4-2-1-3-5-7-12-22-37/h8-10,13-14,26,37H,1-7,11-12,15-24H2,(H,29,30)(H,31,32)/t26-/m0/s1. The molecule has 2 N–H and O–H groups in total. The van der Waals surface area contributed by atoms with Crippen molar-refractivity contribution in [1.82, 2.24) is 5.32 Å². The van der Waals surface area contributed by atoms with E-state index in [4.69, 9.17) is 18.9 Å². The number of rotatable bonds is 26. The minimum absolute atomic E-state index is 0.216. The van der Waals surface area contributed by atoms with Crippen LogP contribution in [0.3, 0.4) is 0 Å². The molecule has 0 aliphatic carbocycles. The smallest absolute Gasteiger partial charge is 0.326 e. The highest BCUT2D eigenvalue weighted by atomic mass is 32.1. The van der Waals surface area contributed by atoms with Crippen molar-refractivity contribution in [3.05, 3.63) is 35.9 Å². The molecule has 1 atom stereocenters. The van der Waals surface area contributed by atoms with Crippen LogP contribution in [-0.2, 0) is 35.0 Å². The third-order valence-electron chi connectivity index (χ3n) is 5.71. The molecule has 9 heteroatoms. The van der Waals surface area contributed by atoms with Crippen molar-refractivity contribution in [2.24, 2.45) is 0 Å². The van der Waals surface area contributed by atoms with E-state index < -0.39 is 17.9 Å². The fourth-order valence-electron chi connectivity index (χ4n) is 3.66. The Balaban J connectivity index is 1.83. The van der Waals surface area contributed by atoms with Gasteiger partial charge in [0.2, 0.25) is 5.91 Å². The molecule has 1 amide bonds. The summed E-state index contributed by atoms with van der Waals surface area (Å²) in [5.41, 5.74) is 0.839. The maximum Gasteiger partial charge on any atom is 0.326 e. The van der Waals surface area contributed by atoms with Gasteiger partial charge in [0.25, 0.3) is 0 Å². The molecule has 37 heavy (non-hydrogen) atoms. The van der Waals surface area contributed by atoms with Crippen LogP contribution >= 0.6 is 12.6 Å². The largest absolute Gasteiger partial charge is 0.480 e. The summed E-state index contributed by atoms with van der Waals surface area (Å²) in [6.07, 6.45) is 11.7. The van der Waals surface area contributed by atoms with E-state index in [1.807, 2.05) is 30.3 Å². The quantitative estimate of drug-likeness (QED) is 0.119. The molecule has 0 radical (unpaired) electrons. The second kappa shape index (κ2) is 24.7. The van der Waals surface area contributed by atoms with Gasteiger partial charge in [-0.25, -0.2) is 4.79 Å². The first kappa shape index (κ1) is 33.4. The monoisotopic (exact) mass is 541 g/mol. The number of amides is 1. The normalized spacial score (nSPS) is 11.9. The number of carboxylic acids is 1. The van der Waals surface area contributed by atoms with Gasteiger partial charge in [-0.2, -0.15) is 12.6 Å². The Morgan fingerprint density at radius 1 is 0.703 bits per heavy atom. The lowest BCUT2D eigenvalue weighted by molar-refractivity contribution is -0.142. The van der Waals surface area contributed by atoms with Crippen molar-refractivity contribution in [2.45, 2.75) is 70.3 Å². The van der Waals surface area contributed by atoms with Gasteiger partial charge in [-0.3, -0.25) is 4.79 Å². The van der Waals surface area contributed by atoms with Crippen LogP contribution in [0.4, 0.5) is 0 Å². The van der Waals surface area contributed by atoms with Crippen LogP contribution in [0.15, 0.2) is 30.3 Å². The van der Waals surface area contributed by atoms with Gasteiger partial charge in [0, 0.05) is 13.0 Å². The van der Waals surface area contributed by atoms with E-state index in [1.54, 1.807) is 0 Å². The molecule has 0 aliphatic heterocycles. The number of aliphatic carboxylic acids is 1. The Morgan fingerprint density at radius 3 is 1.73 bits per heavy atom. The number of nitrogens with one attached hydrogen (secondary N) is 1. The number of carbonyl (C=O) groups excluding carboxylic acids is 1. The van der Waals surface area contributed by atoms with Crippen molar-refractivity contribution < 1.29 is 33.6 Å². The van der Waals surface area contributed by atoms with Crippen molar-refractivity contribution >= 4 is 24.5 Å². The Hall–Kier alpha value is -1.65. The number of hydrogen-bond acceptors (Lipinski definition) is 7. The maximum absolute atomic E-state index is 12.0. The Morgan fingerprint density at radius 2 is 1.19 bits per heavy atom. The van der Waals surface area contributed by atoms with Gasteiger partial charge < -0.3 is 29.4 Å². The van der Waals surface area contributed by atoms with Crippen LogP contribution < -0.4 is 5.32 Å². The molecule has 1 rings (SSSR count). The summed E-state index contributed by atoms with van der Waals surface area (Å²) in [5.74, 6) is -0.543. The molecule has 1 aromatic carbocycles. The van der Waals surface area contributed by atoms with Crippen LogP contribution in [0, 0.1) is 0 Å². The number of thiol groups is 1. The van der Waals surface area contributed by atoms with E-state index in [0.717, 1.165) is 24.3 Å². The van der Waals surface area contributed by atoms with Crippen molar-refractivity contribution in [3.63, 3.8) is 0 Å². The summed E-state index contributed by atoms with van der Waals surface area (Å²) in [5, 5.41) is 11.8. The fraction of sp³-hybridized carbons (Fsp3) is 0.714. The number of unbranched alkanes of at least 4 members (excludes halogenated alkanes) is 8. The summed E-state index contributed by atoms with van der Waals surface area (Å²) in [7, 11) is 0. The summed E-state index contributed by atoms with van der Waals surface area (Å²) in [6, 6.07) is 8.17. The first-order valence-corrected chi connectivity index (χ1v) is 14.2. The molecule has 0 saturated heterocycles. The average Bonchev–Trinajstić information content (AvgIpc) is 2.89. The highest BCUT2D eigenvalue weighted by Gasteiger charge is 2.20. The van der Waals surface area contributed by atoms with Crippen LogP contribution in [0.5, 0.6) is 0 Å². The summed E-state index contributed by atoms with van der Waals surface area (Å²) in [6.45, 7) is 3.17. The second-order valence-corrected chi connectivity index (χ2v) is 9.39. The molecule has 0 bridgehead atoms. The molecule has 1 aromatic rings. The lowest BCUT2D eigenvalue weighted by Crippen LogP contribution is -2.44. The van der Waals surface area contributed by atoms with E-state index >= 15 is 0 Å². The van der Waals surface area contributed by atoms with Gasteiger partial charge in [-0.15, -0.1) is 0 Å². The minimum Gasteiger partial charge on any atom is -0.480 e. The van der Waals surface area contributed by atoms with Crippen LogP contribution in [0.2, 0.25) is 0 Å². The summed E-state index contributed by atoms with van der Waals surface area (Å²) in [4.78, 5) is 23.4. The van der Waals surface area contributed by atoms with Gasteiger partial charge in [0.15, 0.2) is 0 Å². The third kappa shape index (κ3) is 21.0. The summed E-state index contributed by atoms with van der Waals surface area (Å²) < 4.78 is 21.8. The van der Waals surface area contributed by atoms with Gasteiger partial charge >= 0.3 is 5.97 Å². The molecular formula is C28H47NO7S. The zero-order valence-corrected chi connectivity index (χ0v) is 23.1. The predicted molar refractivity (Wildman–Crippen MR) is 148 cm³/mol. The second-order valence-electron chi connectivity index (χ2n) is 8.94. The molecule has 0 heterocycles. The molecule has 212 valence electrons. The van der Waals surface area contributed by atoms with Crippen LogP contribution in [-0.4, -0.2) is 81.6 Å². The minimum atomic E-state index is -1.08. The Bertz CT molecular complexity index is 678. The number of carbonyl (C=O) groups is 2. The first-order valence-electron chi connectivity index (χ1n) is 13.6. The van der Waals surface area contributed by atoms with Crippen LogP contribution in [0.25, 0.3) is 0 Å². The predicted octanol–water partition coefficient (Wildman–Crippen LogP) is 4.31. The van der Waals surface area contributed by atoms with Gasteiger partial charge in [0.05, 0.1) is 39.6 Å². The molecule has 0 aliphatic rings. The molecule has 0 fully saturated rings. The summed E-state index contributed by atoms with van der Waals surface area (Å²) >= 11 is 4.24. The highest BCUT2D eigenvalue weighted by Crippen LogP contribution is 2.10. The fourth-order valence-corrected chi connectivity index (χ4v) is 3.89. The SMILES string of the molecule is O=C(COCCOCCOCCOCCCCCCCCCCCS)N[C@@H](Cc1ccccc1)C(=O)O. The molecule has 0 spiro atoms. The lowest BCUT2D eigenvalue weighted by atomic mass is 10.1. The number of hydrogen-bond donors (Lipinski definition) is 3. The van der Waals surface area contributed by atoms with E-state index in [2.05, 4.69) is 17.9 Å². The van der Waals surface area contributed by atoms with Crippen molar-refractivity contribution in [3.8, 4) is 0 Å². The molecule has 0 unspecified atom stereocenters. The maximum atomic E-state index is 12.0. The van der Waals surface area contributed by atoms with E-state index in [9.17, 15) is 14.7 Å². The van der Waals surface area contributed by atoms with Gasteiger partial charge in [-0.05, 0) is 24.2 Å². The van der Waals surface area contributed by atoms with Crippen molar-refractivity contribution in [1.29, 1.82) is 0 Å².